The zero-order valence-corrected chi connectivity index (χ0v) is 21.5. The van der Waals surface area contributed by atoms with Gasteiger partial charge in [0.15, 0.2) is 0 Å². The van der Waals surface area contributed by atoms with Gasteiger partial charge in [-0.3, -0.25) is 9.59 Å². The minimum absolute atomic E-state index is 0.0204. The monoisotopic (exact) mass is 460 g/mol. The standard InChI is InChI=1S/C30H40N2O2/c1-20-11-8-12-21(2)26(20)29(34)32-18-10-17-25(27(32)22-13-6-7-14-22)28(33)31-24-16-9-15-23(19-24)30(3,4)5/h8-9,11-12,15-16,19,22,25,27H,6-7,10,13-14,17-18H2,1-5H3,(H,31,33)/t25-,27?/m0/s1. The van der Waals surface area contributed by atoms with Crippen molar-refractivity contribution in [2.75, 3.05) is 11.9 Å². The summed E-state index contributed by atoms with van der Waals surface area (Å²) in [5.41, 5.74) is 4.91. The van der Waals surface area contributed by atoms with Crippen molar-refractivity contribution in [3.63, 3.8) is 0 Å². The van der Waals surface area contributed by atoms with Gasteiger partial charge in [0.2, 0.25) is 5.91 Å². The van der Waals surface area contributed by atoms with Crippen LogP contribution in [0.5, 0.6) is 0 Å². The fraction of sp³-hybridized carbons (Fsp3) is 0.533. The van der Waals surface area contributed by atoms with Crippen LogP contribution >= 0.6 is 0 Å². The van der Waals surface area contributed by atoms with E-state index in [1.54, 1.807) is 0 Å². The Hall–Kier alpha value is -2.62. The number of carbonyl (C=O) groups is 2. The molecule has 0 bridgehead atoms. The van der Waals surface area contributed by atoms with Gasteiger partial charge in [-0.15, -0.1) is 0 Å². The van der Waals surface area contributed by atoms with E-state index in [1.165, 1.54) is 18.4 Å². The molecule has 2 amide bonds. The van der Waals surface area contributed by atoms with Crippen LogP contribution in [0.4, 0.5) is 5.69 Å². The quantitative estimate of drug-likeness (QED) is 0.555. The molecule has 4 rings (SSSR count). The summed E-state index contributed by atoms with van der Waals surface area (Å²) in [5, 5.41) is 3.22. The smallest absolute Gasteiger partial charge is 0.254 e. The van der Waals surface area contributed by atoms with Crippen LogP contribution in [0.2, 0.25) is 0 Å². The Labute approximate surface area is 205 Å². The largest absolute Gasteiger partial charge is 0.335 e. The molecule has 4 heteroatoms. The Kier molecular flexibility index (Phi) is 7.16. The van der Waals surface area contributed by atoms with E-state index < -0.39 is 0 Å². The third-order valence-electron chi connectivity index (χ3n) is 7.86. The predicted octanol–water partition coefficient (Wildman–Crippen LogP) is 6.65. The van der Waals surface area contributed by atoms with Gasteiger partial charge in [-0.25, -0.2) is 0 Å². The molecule has 4 nitrogen and oxygen atoms in total. The lowest BCUT2D eigenvalue weighted by Gasteiger charge is -2.44. The van der Waals surface area contributed by atoms with Crippen LogP contribution in [0.25, 0.3) is 0 Å². The second-order valence-electron chi connectivity index (χ2n) is 11.4. The maximum atomic E-state index is 13.9. The van der Waals surface area contributed by atoms with Crippen LogP contribution in [0.1, 0.15) is 86.3 Å². The van der Waals surface area contributed by atoms with E-state index in [2.05, 4.69) is 43.1 Å². The molecule has 1 aliphatic heterocycles. The molecule has 2 aliphatic rings. The Morgan fingerprint density at radius 3 is 2.21 bits per heavy atom. The molecule has 182 valence electrons. The van der Waals surface area contributed by atoms with E-state index >= 15 is 0 Å². The van der Waals surface area contributed by atoms with Gasteiger partial charge in [0, 0.05) is 23.8 Å². The molecular weight excluding hydrogens is 420 g/mol. The third-order valence-corrected chi connectivity index (χ3v) is 7.86. The fourth-order valence-corrected chi connectivity index (χ4v) is 6.02. The molecule has 2 fully saturated rings. The molecule has 34 heavy (non-hydrogen) atoms. The number of likely N-dealkylation sites (tertiary alicyclic amines) is 1. The second-order valence-corrected chi connectivity index (χ2v) is 11.4. The number of nitrogens with zero attached hydrogens (tertiary/aromatic N) is 1. The highest BCUT2D eigenvalue weighted by molar-refractivity contribution is 5.99. The third kappa shape index (κ3) is 5.06. The van der Waals surface area contributed by atoms with Gasteiger partial charge in [0.25, 0.3) is 5.91 Å². The lowest BCUT2D eigenvalue weighted by atomic mass is 9.79. The van der Waals surface area contributed by atoms with Crippen LogP contribution in [-0.4, -0.2) is 29.3 Å². The first-order chi connectivity index (χ1) is 16.2. The molecule has 1 saturated carbocycles. The van der Waals surface area contributed by atoms with Crippen LogP contribution in [-0.2, 0) is 10.2 Å². The van der Waals surface area contributed by atoms with E-state index in [0.717, 1.165) is 54.6 Å². The summed E-state index contributed by atoms with van der Waals surface area (Å²) < 4.78 is 0. The highest BCUT2D eigenvalue weighted by Gasteiger charge is 2.44. The molecule has 2 aromatic rings. The predicted molar refractivity (Wildman–Crippen MR) is 139 cm³/mol. The van der Waals surface area contributed by atoms with Gasteiger partial charge in [-0.2, -0.15) is 0 Å². The number of aryl methyl sites for hydroxylation is 2. The number of carbonyl (C=O) groups excluding carboxylic acids is 2. The summed E-state index contributed by atoms with van der Waals surface area (Å²) >= 11 is 0. The number of rotatable bonds is 4. The second kappa shape index (κ2) is 9.93. The maximum absolute atomic E-state index is 13.9. The molecule has 1 aliphatic carbocycles. The first-order valence-electron chi connectivity index (χ1n) is 13.0. The van der Waals surface area contributed by atoms with Gasteiger partial charge in [-0.05, 0) is 79.7 Å². The normalized spacial score (nSPS) is 21.5. The Balaban J connectivity index is 1.63. The van der Waals surface area contributed by atoms with Crippen molar-refractivity contribution in [1.82, 2.24) is 4.90 Å². The number of anilines is 1. The van der Waals surface area contributed by atoms with Crippen molar-refractivity contribution in [3.8, 4) is 0 Å². The topological polar surface area (TPSA) is 49.4 Å². The summed E-state index contributed by atoms with van der Waals surface area (Å²) in [4.78, 5) is 29.6. The van der Waals surface area contributed by atoms with E-state index in [-0.39, 0.29) is 29.2 Å². The zero-order chi connectivity index (χ0) is 24.5. The van der Waals surface area contributed by atoms with Gasteiger partial charge < -0.3 is 10.2 Å². The van der Waals surface area contributed by atoms with Crippen LogP contribution in [0, 0.1) is 25.7 Å². The summed E-state index contributed by atoms with van der Waals surface area (Å²) in [6, 6.07) is 14.2. The summed E-state index contributed by atoms with van der Waals surface area (Å²) in [7, 11) is 0. The fourth-order valence-electron chi connectivity index (χ4n) is 6.02. The number of hydrogen-bond acceptors (Lipinski definition) is 2. The van der Waals surface area contributed by atoms with Crippen LogP contribution in [0.15, 0.2) is 42.5 Å². The Bertz CT molecular complexity index is 1030. The van der Waals surface area contributed by atoms with E-state index in [1.807, 2.05) is 44.2 Å². The van der Waals surface area contributed by atoms with Crippen LogP contribution in [0.3, 0.4) is 0 Å². The molecule has 1 heterocycles. The van der Waals surface area contributed by atoms with Gasteiger partial charge in [0.05, 0.1) is 5.92 Å². The molecular formula is C30H40N2O2. The SMILES string of the molecule is Cc1cccc(C)c1C(=O)N1CCC[C@H](C(=O)Nc2cccc(C(C)(C)C)c2)C1C1CCCC1. The summed E-state index contributed by atoms with van der Waals surface area (Å²) in [6.45, 7) is 11.3. The Morgan fingerprint density at radius 2 is 1.56 bits per heavy atom. The van der Waals surface area contributed by atoms with Gasteiger partial charge in [-0.1, -0.05) is 63.9 Å². The Morgan fingerprint density at radius 1 is 0.912 bits per heavy atom. The number of piperidine rings is 1. The summed E-state index contributed by atoms with van der Waals surface area (Å²) in [6.07, 6.45) is 6.28. The molecule has 1 unspecified atom stereocenters. The van der Waals surface area contributed by atoms with Crippen molar-refractivity contribution in [2.45, 2.75) is 84.6 Å². The zero-order valence-electron chi connectivity index (χ0n) is 21.5. The minimum Gasteiger partial charge on any atom is -0.335 e. The van der Waals surface area contributed by atoms with Gasteiger partial charge >= 0.3 is 0 Å². The van der Waals surface area contributed by atoms with Crippen molar-refractivity contribution in [2.24, 2.45) is 11.8 Å². The first-order valence-corrected chi connectivity index (χ1v) is 13.0. The molecule has 1 saturated heterocycles. The maximum Gasteiger partial charge on any atom is 0.254 e. The van der Waals surface area contributed by atoms with Crippen LogP contribution < -0.4 is 5.32 Å². The number of nitrogens with one attached hydrogen (secondary N) is 1. The minimum atomic E-state index is -0.177. The first kappa shape index (κ1) is 24.5. The lowest BCUT2D eigenvalue weighted by Crippen LogP contribution is -2.55. The molecule has 2 aromatic carbocycles. The number of hydrogen-bond donors (Lipinski definition) is 1. The van der Waals surface area contributed by atoms with E-state index in [0.29, 0.717) is 5.92 Å². The average molecular weight is 461 g/mol. The van der Waals surface area contributed by atoms with Crippen molar-refractivity contribution < 1.29 is 9.59 Å². The molecule has 0 aromatic heterocycles. The number of amides is 2. The van der Waals surface area contributed by atoms with Gasteiger partial charge in [0.1, 0.15) is 0 Å². The van der Waals surface area contributed by atoms with E-state index in [4.69, 9.17) is 0 Å². The molecule has 0 spiro atoms. The highest BCUT2D eigenvalue weighted by atomic mass is 16.2. The summed E-state index contributed by atoms with van der Waals surface area (Å²) in [5.74, 6) is 0.371. The molecule has 0 radical (unpaired) electrons. The lowest BCUT2D eigenvalue weighted by molar-refractivity contribution is -0.124. The number of benzene rings is 2. The highest BCUT2D eigenvalue weighted by Crippen LogP contribution is 2.39. The van der Waals surface area contributed by atoms with Crippen molar-refractivity contribution >= 4 is 17.5 Å². The van der Waals surface area contributed by atoms with Crippen molar-refractivity contribution in [1.29, 1.82) is 0 Å². The average Bonchev–Trinajstić information content (AvgIpc) is 3.32. The van der Waals surface area contributed by atoms with Crippen molar-refractivity contribution in [3.05, 3.63) is 64.7 Å². The molecule has 2 atom stereocenters. The molecule has 1 N–H and O–H groups in total. The van der Waals surface area contributed by atoms with E-state index in [9.17, 15) is 9.59 Å².